The standard InChI is InChI=1S/C21H22N2O2/c1-6-7-23-15(4)10-19(16(23)5)21(25)18(12-22)11-17-8-13(2)20(24)14(3)9-17/h6,8-11,24H,1,7H2,2-5H3/b18-11+. The second-order valence-corrected chi connectivity index (χ2v) is 6.19. The van der Waals surface area contributed by atoms with Crippen molar-refractivity contribution in [3.8, 4) is 11.8 Å². The number of carbonyl (C=O) groups is 1. The Morgan fingerprint density at radius 1 is 1.24 bits per heavy atom. The van der Waals surface area contributed by atoms with E-state index in [0.717, 1.165) is 17.0 Å². The molecule has 25 heavy (non-hydrogen) atoms. The number of carbonyl (C=O) groups excluding carboxylic acids is 1. The van der Waals surface area contributed by atoms with E-state index in [4.69, 9.17) is 0 Å². The van der Waals surface area contributed by atoms with Gasteiger partial charge in [0.2, 0.25) is 5.78 Å². The summed E-state index contributed by atoms with van der Waals surface area (Å²) in [5.41, 5.74) is 4.51. The Hall–Kier alpha value is -3.06. The number of ketones is 1. The van der Waals surface area contributed by atoms with E-state index in [1.165, 1.54) is 0 Å². The smallest absolute Gasteiger partial charge is 0.205 e. The van der Waals surface area contributed by atoms with Crippen LogP contribution in [0.4, 0.5) is 0 Å². The number of aryl methyl sites for hydroxylation is 3. The molecule has 1 aromatic heterocycles. The molecule has 0 aliphatic rings. The first-order valence-corrected chi connectivity index (χ1v) is 8.04. The van der Waals surface area contributed by atoms with Gasteiger partial charge in [-0.05, 0) is 68.7 Å². The Bertz CT molecular complexity index is 901. The van der Waals surface area contributed by atoms with E-state index in [0.29, 0.717) is 23.2 Å². The van der Waals surface area contributed by atoms with Crippen LogP contribution >= 0.6 is 0 Å². The number of aromatic nitrogens is 1. The average molecular weight is 334 g/mol. The normalized spacial score (nSPS) is 11.2. The molecule has 1 N–H and O–H groups in total. The lowest BCUT2D eigenvalue weighted by Crippen LogP contribution is -2.05. The molecule has 2 rings (SSSR count). The molecule has 0 aliphatic carbocycles. The minimum absolute atomic E-state index is 0.0725. The summed E-state index contributed by atoms with van der Waals surface area (Å²) in [5.74, 6) is -0.0655. The van der Waals surface area contributed by atoms with Gasteiger partial charge in [0.25, 0.3) is 0 Å². The van der Waals surface area contributed by atoms with E-state index in [1.54, 1.807) is 44.2 Å². The lowest BCUT2D eigenvalue weighted by atomic mass is 9.99. The number of aromatic hydroxyl groups is 1. The third-order valence-corrected chi connectivity index (χ3v) is 4.32. The number of benzene rings is 1. The van der Waals surface area contributed by atoms with Gasteiger partial charge < -0.3 is 9.67 Å². The number of phenolic OH excluding ortho intramolecular Hbond substituents is 1. The van der Waals surface area contributed by atoms with Crippen molar-refractivity contribution in [3.63, 3.8) is 0 Å². The van der Waals surface area contributed by atoms with E-state index in [1.807, 2.05) is 24.5 Å². The zero-order valence-electron chi connectivity index (χ0n) is 15.1. The first kappa shape index (κ1) is 18.3. The van der Waals surface area contributed by atoms with Crippen LogP contribution in [0.15, 0.2) is 36.4 Å². The fraction of sp³-hybridized carbons (Fsp3) is 0.238. The topological polar surface area (TPSA) is 66.0 Å². The highest BCUT2D eigenvalue weighted by atomic mass is 16.3. The van der Waals surface area contributed by atoms with Crippen molar-refractivity contribution >= 4 is 11.9 Å². The molecular formula is C21H22N2O2. The van der Waals surface area contributed by atoms with Crippen LogP contribution in [0.5, 0.6) is 5.75 Å². The van der Waals surface area contributed by atoms with Gasteiger partial charge in [-0.15, -0.1) is 6.58 Å². The molecule has 0 saturated carbocycles. The number of allylic oxidation sites excluding steroid dienone is 2. The Morgan fingerprint density at radius 3 is 2.36 bits per heavy atom. The first-order valence-electron chi connectivity index (χ1n) is 8.04. The lowest BCUT2D eigenvalue weighted by molar-refractivity contribution is 0.103. The second-order valence-electron chi connectivity index (χ2n) is 6.19. The number of nitriles is 1. The molecule has 0 unspecified atom stereocenters. The Kier molecular flexibility index (Phi) is 5.29. The molecule has 4 nitrogen and oxygen atoms in total. The monoisotopic (exact) mass is 334 g/mol. The van der Waals surface area contributed by atoms with Crippen molar-refractivity contribution in [1.29, 1.82) is 5.26 Å². The largest absolute Gasteiger partial charge is 0.507 e. The number of hydrogen-bond donors (Lipinski definition) is 1. The highest BCUT2D eigenvalue weighted by molar-refractivity contribution is 6.14. The van der Waals surface area contributed by atoms with Crippen molar-refractivity contribution in [2.75, 3.05) is 0 Å². The molecular weight excluding hydrogens is 312 g/mol. The van der Waals surface area contributed by atoms with Crippen LogP contribution in [0.1, 0.15) is 38.4 Å². The summed E-state index contributed by atoms with van der Waals surface area (Å²) in [6.45, 7) is 11.7. The fourth-order valence-electron chi connectivity index (χ4n) is 2.97. The summed E-state index contributed by atoms with van der Waals surface area (Å²) in [5, 5.41) is 19.3. The Balaban J connectivity index is 2.48. The van der Waals surface area contributed by atoms with E-state index in [9.17, 15) is 15.2 Å². The minimum atomic E-state index is -0.297. The van der Waals surface area contributed by atoms with E-state index >= 15 is 0 Å². The van der Waals surface area contributed by atoms with Crippen LogP contribution in [0, 0.1) is 39.0 Å². The van der Waals surface area contributed by atoms with Gasteiger partial charge >= 0.3 is 0 Å². The maximum Gasteiger partial charge on any atom is 0.205 e. The molecule has 0 atom stereocenters. The number of phenols is 1. The van der Waals surface area contributed by atoms with Gasteiger partial charge in [0, 0.05) is 23.5 Å². The predicted molar refractivity (Wildman–Crippen MR) is 99.6 cm³/mol. The predicted octanol–water partition coefficient (Wildman–Crippen LogP) is 4.40. The molecule has 0 amide bonds. The molecule has 0 fully saturated rings. The third kappa shape index (κ3) is 3.56. The van der Waals surface area contributed by atoms with Gasteiger partial charge in [0.05, 0.1) is 0 Å². The average Bonchev–Trinajstić information content (AvgIpc) is 2.85. The zero-order valence-corrected chi connectivity index (χ0v) is 15.1. The van der Waals surface area contributed by atoms with Gasteiger partial charge in [0.1, 0.15) is 17.4 Å². The highest BCUT2D eigenvalue weighted by Gasteiger charge is 2.19. The maximum absolute atomic E-state index is 12.8. The minimum Gasteiger partial charge on any atom is -0.507 e. The van der Waals surface area contributed by atoms with Gasteiger partial charge in [-0.1, -0.05) is 6.08 Å². The summed E-state index contributed by atoms with van der Waals surface area (Å²) in [6, 6.07) is 7.33. The van der Waals surface area contributed by atoms with Gasteiger partial charge in [-0.25, -0.2) is 0 Å². The summed E-state index contributed by atoms with van der Waals surface area (Å²) < 4.78 is 1.99. The van der Waals surface area contributed by atoms with Crippen molar-refractivity contribution in [2.45, 2.75) is 34.2 Å². The molecule has 0 spiro atoms. The van der Waals surface area contributed by atoms with Gasteiger partial charge in [-0.2, -0.15) is 5.26 Å². The summed E-state index contributed by atoms with van der Waals surface area (Å²) in [6.07, 6.45) is 3.35. The van der Waals surface area contributed by atoms with Crippen molar-refractivity contribution in [3.05, 3.63) is 70.1 Å². The fourth-order valence-corrected chi connectivity index (χ4v) is 2.97. The molecule has 2 aromatic rings. The van der Waals surface area contributed by atoms with Crippen molar-refractivity contribution in [1.82, 2.24) is 4.57 Å². The zero-order chi connectivity index (χ0) is 18.7. The van der Waals surface area contributed by atoms with Crippen LogP contribution in [0.3, 0.4) is 0 Å². The van der Waals surface area contributed by atoms with E-state index in [2.05, 4.69) is 6.58 Å². The molecule has 0 aliphatic heterocycles. The number of nitrogens with zero attached hydrogens (tertiary/aromatic N) is 2. The molecule has 4 heteroatoms. The second kappa shape index (κ2) is 7.23. The van der Waals surface area contributed by atoms with Crippen LogP contribution in [0.2, 0.25) is 0 Å². The molecule has 0 saturated heterocycles. The maximum atomic E-state index is 12.8. The van der Waals surface area contributed by atoms with Gasteiger partial charge in [-0.3, -0.25) is 4.79 Å². The summed E-state index contributed by atoms with van der Waals surface area (Å²) >= 11 is 0. The van der Waals surface area contributed by atoms with Crippen LogP contribution in [-0.4, -0.2) is 15.5 Å². The molecule has 128 valence electrons. The summed E-state index contributed by atoms with van der Waals surface area (Å²) in [4.78, 5) is 12.8. The molecule has 0 bridgehead atoms. The quantitative estimate of drug-likeness (QED) is 0.381. The molecule has 1 heterocycles. The van der Waals surface area contributed by atoms with Crippen LogP contribution < -0.4 is 0 Å². The summed E-state index contributed by atoms with van der Waals surface area (Å²) in [7, 11) is 0. The molecule has 1 aromatic carbocycles. The Morgan fingerprint density at radius 2 is 1.84 bits per heavy atom. The third-order valence-electron chi connectivity index (χ3n) is 4.32. The number of rotatable bonds is 5. The van der Waals surface area contributed by atoms with Gasteiger partial charge in [0.15, 0.2) is 0 Å². The Labute approximate surface area is 148 Å². The highest BCUT2D eigenvalue weighted by Crippen LogP contribution is 2.25. The van der Waals surface area contributed by atoms with Crippen LogP contribution in [0.25, 0.3) is 6.08 Å². The first-order chi connectivity index (χ1) is 11.8. The van der Waals surface area contributed by atoms with Crippen LogP contribution in [-0.2, 0) is 6.54 Å². The van der Waals surface area contributed by atoms with E-state index < -0.39 is 0 Å². The number of hydrogen-bond acceptors (Lipinski definition) is 3. The van der Waals surface area contributed by atoms with Crippen molar-refractivity contribution in [2.24, 2.45) is 0 Å². The van der Waals surface area contributed by atoms with E-state index in [-0.39, 0.29) is 17.1 Å². The lowest BCUT2D eigenvalue weighted by Gasteiger charge is -2.07. The number of Topliss-reactive ketones (excluding diaryl/α,β-unsaturated/α-hetero) is 1. The SMILES string of the molecule is C=CCn1c(C)cc(C(=O)/C(C#N)=C/c2cc(C)c(O)c(C)c2)c1C. The van der Waals surface area contributed by atoms with Crippen molar-refractivity contribution < 1.29 is 9.90 Å². The molecule has 0 radical (unpaired) electrons.